The predicted molar refractivity (Wildman–Crippen MR) is 161 cm³/mol. The number of ether oxygens (including phenoxy) is 1. The number of hydrogen-bond acceptors (Lipinski definition) is 5. The third kappa shape index (κ3) is 8.24. The maximum Gasteiger partial charge on any atom is 0.408 e. The summed E-state index contributed by atoms with van der Waals surface area (Å²) in [6, 6.07) is 14.3. The Morgan fingerprint density at radius 1 is 0.976 bits per heavy atom. The van der Waals surface area contributed by atoms with Crippen molar-refractivity contribution < 1.29 is 29.0 Å². The fourth-order valence-corrected chi connectivity index (χ4v) is 5.55. The molecule has 5 N–H and O–H groups in total. The largest absolute Gasteiger partial charge is 0.465 e. The molecule has 10 heteroatoms. The van der Waals surface area contributed by atoms with E-state index >= 15 is 0 Å². The lowest BCUT2D eigenvalue weighted by atomic mass is 9.98. The van der Waals surface area contributed by atoms with Gasteiger partial charge in [-0.25, -0.2) is 9.59 Å². The Morgan fingerprint density at radius 3 is 2.05 bits per heavy atom. The number of alkyl carbamates (subject to hydrolysis) is 1. The first-order chi connectivity index (χ1) is 19.8. The van der Waals surface area contributed by atoms with Crippen LogP contribution in [0.2, 0.25) is 0 Å². The van der Waals surface area contributed by atoms with Gasteiger partial charge < -0.3 is 26.2 Å². The van der Waals surface area contributed by atoms with Crippen LogP contribution in [0.3, 0.4) is 0 Å². The van der Waals surface area contributed by atoms with Gasteiger partial charge >= 0.3 is 12.2 Å². The predicted octanol–water partition coefficient (Wildman–Crippen LogP) is 4.86. The lowest BCUT2D eigenvalue weighted by Crippen LogP contribution is -2.59. The first-order valence-corrected chi connectivity index (χ1v) is 14.5. The normalized spacial score (nSPS) is 14.0. The van der Waals surface area contributed by atoms with Crippen molar-refractivity contribution in [3.05, 3.63) is 59.7 Å². The highest BCUT2D eigenvalue weighted by Gasteiger charge is 2.38. The highest BCUT2D eigenvalue weighted by Crippen LogP contribution is 2.44. The molecule has 42 heavy (non-hydrogen) atoms. The third-order valence-corrected chi connectivity index (χ3v) is 7.43. The lowest BCUT2D eigenvalue weighted by molar-refractivity contribution is -0.132. The van der Waals surface area contributed by atoms with Gasteiger partial charge in [-0.05, 0) is 74.6 Å². The molecule has 0 saturated heterocycles. The van der Waals surface area contributed by atoms with Crippen molar-refractivity contribution in [1.82, 2.24) is 15.5 Å². The van der Waals surface area contributed by atoms with Gasteiger partial charge in [0, 0.05) is 18.0 Å². The molecule has 0 saturated carbocycles. The number of fused-ring (bicyclic) bond motifs is 3. The quantitative estimate of drug-likeness (QED) is 0.249. The monoisotopic (exact) mass is 580 g/mol. The molecule has 3 rings (SSSR count). The summed E-state index contributed by atoms with van der Waals surface area (Å²) in [5.74, 6) is -1.17. The average molecular weight is 581 g/mol. The van der Waals surface area contributed by atoms with Crippen LogP contribution >= 0.6 is 0 Å². The SMILES string of the molecule is CC(C)CC(NC(=O)C(CCCCNC(=O)OCC1c2ccccc2-c2ccccc21)N(C(=O)O)C(C)(C)C)C(N)=O. The van der Waals surface area contributed by atoms with Crippen LogP contribution in [0.1, 0.15) is 77.3 Å². The van der Waals surface area contributed by atoms with Crippen molar-refractivity contribution in [2.75, 3.05) is 13.2 Å². The van der Waals surface area contributed by atoms with Crippen molar-refractivity contribution in [3.8, 4) is 11.1 Å². The Kier molecular flexibility index (Phi) is 11.0. The molecule has 2 aromatic rings. The van der Waals surface area contributed by atoms with Crippen molar-refractivity contribution in [2.45, 2.75) is 83.8 Å². The first kappa shape index (κ1) is 32.4. The smallest absolute Gasteiger partial charge is 0.408 e. The maximum absolute atomic E-state index is 13.3. The van der Waals surface area contributed by atoms with Crippen molar-refractivity contribution in [1.29, 1.82) is 0 Å². The fraction of sp³-hybridized carbons (Fsp3) is 0.500. The topological polar surface area (TPSA) is 151 Å². The number of hydrogen-bond donors (Lipinski definition) is 4. The summed E-state index contributed by atoms with van der Waals surface area (Å²) in [5.41, 5.74) is 9.19. The first-order valence-electron chi connectivity index (χ1n) is 14.5. The molecule has 228 valence electrons. The molecule has 2 aromatic carbocycles. The lowest BCUT2D eigenvalue weighted by Gasteiger charge is -2.39. The van der Waals surface area contributed by atoms with Gasteiger partial charge in [0.25, 0.3) is 0 Å². The van der Waals surface area contributed by atoms with E-state index in [1.54, 1.807) is 20.8 Å². The summed E-state index contributed by atoms with van der Waals surface area (Å²) in [5, 5.41) is 15.4. The van der Waals surface area contributed by atoms with E-state index in [1.807, 2.05) is 38.1 Å². The summed E-state index contributed by atoms with van der Waals surface area (Å²) in [6.45, 7) is 9.44. The number of carbonyl (C=O) groups is 4. The van der Waals surface area contributed by atoms with Gasteiger partial charge in [0.2, 0.25) is 11.8 Å². The third-order valence-electron chi connectivity index (χ3n) is 7.43. The van der Waals surface area contributed by atoms with Gasteiger partial charge in [-0.2, -0.15) is 0 Å². The van der Waals surface area contributed by atoms with E-state index in [0.717, 1.165) is 27.2 Å². The minimum Gasteiger partial charge on any atom is -0.465 e. The molecule has 2 atom stereocenters. The van der Waals surface area contributed by atoms with Crippen LogP contribution in [0.5, 0.6) is 0 Å². The van der Waals surface area contributed by atoms with Gasteiger partial charge in [0.1, 0.15) is 18.7 Å². The molecule has 0 fully saturated rings. The van der Waals surface area contributed by atoms with Crippen molar-refractivity contribution in [2.24, 2.45) is 11.7 Å². The molecule has 1 aliphatic rings. The highest BCUT2D eigenvalue weighted by atomic mass is 16.5. The molecule has 0 heterocycles. The van der Waals surface area contributed by atoms with Crippen molar-refractivity contribution >= 4 is 24.0 Å². The number of nitrogens with one attached hydrogen (secondary N) is 2. The molecule has 0 radical (unpaired) electrons. The number of nitrogens with two attached hydrogens (primary N) is 1. The van der Waals surface area contributed by atoms with Crippen LogP contribution < -0.4 is 16.4 Å². The second kappa shape index (κ2) is 14.2. The summed E-state index contributed by atoms with van der Waals surface area (Å²) in [4.78, 5) is 51.0. The second-order valence-corrected chi connectivity index (χ2v) is 12.2. The molecule has 1 aliphatic carbocycles. The van der Waals surface area contributed by atoms with E-state index in [4.69, 9.17) is 10.5 Å². The number of carbonyl (C=O) groups excluding carboxylic acids is 3. The Morgan fingerprint density at radius 2 is 1.55 bits per heavy atom. The zero-order chi connectivity index (χ0) is 31.0. The van der Waals surface area contributed by atoms with Crippen LogP contribution in [-0.4, -0.2) is 64.8 Å². The van der Waals surface area contributed by atoms with Crippen LogP contribution in [0.15, 0.2) is 48.5 Å². The molecular formula is C32H44N4O6. The van der Waals surface area contributed by atoms with Crippen LogP contribution in [-0.2, 0) is 14.3 Å². The molecule has 0 aliphatic heterocycles. The zero-order valence-corrected chi connectivity index (χ0v) is 25.2. The fourth-order valence-electron chi connectivity index (χ4n) is 5.55. The molecular weight excluding hydrogens is 536 g/mol. The van der Waals surface area contributed by atoms with Crippen LogP contribution in [0.25, 0.3) is 11.1 Å². The number of primary amides is 1. The Balaban J connectivity index is 1.55. The molecule has 0 spiro atoms. The van der Waals surface area contributed by atoms with Gasteiger partial charge in [0.05, 0.1) is 0 Å². The molecule has 0 bridgehead atoms. The minimum absolute atomic E-state index is 0.0401. The Hall–Kier alpha value is -4.08. The van der Waals surface area contributed by atoms with E-state index < -0.39 is 41.6 Å². The Labute approximate surface area is 248 Å². The number of benzene rings is 2. The average Bonchev–Trinajstić information content (AvgIpc) is 3.23. The van der Waals surface area contributed by atoms with E-state index in [0.29, 0.717) is 25.8 Å². The van der Waals surface area contributed by atoms with E-state index in [-0.39, 0.29) is 24.9 Å². The van der Waals surface area contributed by atoms with Gasteiger partial charge in [-0.15, -0.1) is 0 Å². The number of amides is 4. The van der Waals surface area contributed by atoms with Crippen LogP contribution in [0.4, 0.5) is 9.59 Å². The summed E-state index contributed by atoms with van der Waals surface area (Å²) in [7, 11) is 0. The molecule has 2 unspecified atom stereocenters. The van der Waals surface area contributed by atoms with E-state index in [9.17, 15) is 24.3 Å². The number of nitrogens with zero attached hydrogens (tertiary/aromatic N) is 1. The highest BCUT2D eigenvalue weighted by molar-refractivity contribution is 5.90. The zero-order valence-electron chi connectivity index (χ0n) is 25.2. The van der Waals surface area contributed by atoms with E-state index in [2.05, 4.69) is 34.9 Å². The van der Waals surface area contributed by atoms with Crippen LogP contribution in [0, 0.1) is 5.92 Å². The van der Waals surface area contributed by atoms with Gasteiger partial charge in [-0.1, -0.05) is 62.4 Å². The molecule has 10 nitrogen and oxygen atoms in total. The number of carboxylic acid groups (broad SMARTS) is 1. The Bertz CT molecular complexity index is 1230. The molecule has 0 aromatic heterocycles. The maximum atomic E-state index is 13.3. The van der Waals surface area contributed by atoms with Gasteiger partial charge in [0.15, 0.2) is 0 Å². The summed E-state index contributed by atoms with van der Waals surface area (Å²) in [6.07, 6.45) is -0.274. The van der Waals surface area contributed by atoms with Crippen molar-refractivity contribution in [3.63, 3.8) is 0 Å². The minimum atomic E-state index is -1.24. The summed E-state index contributed by atoms with van der Waals surface area (Å²) < 4.78 is 5.57. The van der Waals surface area contributed by atoms with E-state index in [1.165, 1.54) is 0 Å². The number of unbranched alkanes of at least 4 members (excludes halogenated alkanes) is 1. The molecule has 4 amide bonds. The second-order valence-electron chi connectivity index (χ2n) is 12.2. The standard InChI is InChI=1S/C32H44N4O6/c1-20(2)18-26(28(33)37)35-29(38)27(36(31(40)41)32(3,4)5)16-10-11-17-34-30(39)42-19-25-23-14-8-6-12-21(23)22-13-7-9-15-24(22)25/h6-9,12-15,20,25-27H,10-11,16-19H2,1-5H3,(H2,33,37)(H,34,39)(H,35,38)(H,40,41). The number of rotatable bonds is 13. The van der Waals surface area contributed by atoms with Gasteiger partial charge in [-0.3, -0.25) is 14.5 Å². The summed E-state index contributed by atoms with van der Waals surface area (Å²) >= 11 is 0.